The molecule has 0 spiro atoms. The molecule has 0 amide bonds. The summed E-state index contributed by atoms with van der Waals surface area (Å²) in [6.07, 6.45) is 7.27. The van der Waals surface area contributed by atoms with Gasteiger partial charge >= 0.3 is 0 Å². The fourth-order valence-electron chi connectivity index (χ4n) is 3.20. The predicted octanol–water partition coefficient (Wildman–Crippen LogP) is 5.38. The van der Waals surface area contributed by atoms with Crippen LogP contribution >= 0.6 is 11.3 Å². The first-order valence-corrected chi connectivity index (χ1v) is 9.20. The lowest BCUT2D eigenvalue weighted by Crippen LogP contribution is -2.20. The molecular weight excluding hydrogens is 328 g/mol. The topological polar surface area (TPSA) is 59.0 Å². The number of nitriles is 1. The van der Waals surface area contributed by atoms with Crippen LogP contribution in [0.3, 0.4) is 0 Å². The highest BCUT2D eigenvalue weighted by Gasteiger charge is 2.32. The van der Waals surface area contributed by atoms with Crippen molar-refractivity contribution in [3.05, 3.63) is 57.5 Å². The van der Waals surface area contributed by atoms with E-state index in [0.717, 1.165) is 23.3 Å². The van der Waals surface area contributed by atoms with Crippen LogP contribution in [0.1, 0.15) is 48.8 Å². The third-order valence-electron chi connectivity index (χ3n) is 4.36. The van der Waals surface area contributed by atoms with E-state index in [0.29, 0.717) is 17.2 Å². The van der Waals surface area contributed by atoms with Crippen molar-refractivity contribution in [3.8, 4) is 11.8 Å². The molecule has 0 radical (unpaired) electrons. The van der Waals surface area contributed by atoms with Crippen molar-refractivity contribution in [1.29, 1.82) is 5.26 Å². The summed E-state index contributed by atoms with van der Waals surface area (Å²) in [6, 6.07) is 10.3. The third-order valence-corrected chi connectivity index (χ3v) is 5.76. The summed E-state index contributed by atoms with van der Waals surface area (Å²) >= 11 is 1.54. The van der Waals surface area contributed by atoms with Gasteiger partial charge in [0.1, 0.15) is 16.8 Å². The van der Waals surface area contributed by atoms with Crippen LogP contribution in [-0.2, 0) is 5.41 Å². The molecule has 1 aromatic heterocycles. The summed E-state index contributed by atoms with van der Waals surface area (Å²) in [6.45, 7) is 7.07. The average molecular weight is 350 g/mol. The van der Waals surface area contributed by atoms with Crippen LogP contribution in [0.2, 0.25) is 0 Å². The van der Waals surface area contributed by atoms with E-state index in [1.165, 1.54) is 10.5 Å². The minimum atomic E-state index is -0.0174. The molecule has 4 heteroatoms. The van der Waals surface area contributed by atoms with Crippen molar-refractivity contribution >= 4 is 28.5 Å². The number of thiophene rings is 1. The Kier molecular flexibility index (Phi) is 4.69. The van der Waals surface area contributed by atoms with E-state index >= 15 is 0 Å². The standard InChI is InChI=1S/C21H22N2OS/c1-4-24-16-9-7-14(8-10-16)5-6-15-11-17-18(13-22)20(23)25-19(17)21(2,3)12-15/h5-11H,4,12,23H2,1-3H3/b6-5+. The van der Waals surface area contributed by atoms with E-state index in [4.69, 9.17) is 10.5 Å². The SMILES string of the molecule is CCOc1ccc(/C=C/C2=Cc3c(sc(N)c3C#N)C(C)(C)C2)cc1. The molecule has 0 fully saturated rings. The number of ether oxygens (including phenoxy) is 1. The van der Waals surface area contributed by atoms with Crippen molar-refractivity contribution in [3.63, 3.8) is 0 Å². The van der Waals surface area contributed by atoms with Crippen molar-refractivity contribution in [2.24, 2.45) is 0 Å². The Morgan fingerprint density at radius 1 is 1.28 bits per heavy atom. The third kappa shape index (κ3) is 3.47. The number of hydrogen-bond donors (Lipinski definition) is 1. The molecule has 0 aliphatic heterocycles. The summed E-state index contributed by atoms with van der Waals surface area (Å²) in [7, 11) is 0. The van der Waals surface area contributed by atoms with Gasteiger partial charge in [0.2, 0.25) is 0 Å². The Balaban J connectivity index is 1.90. The molecule has 0 saturated carbocycles. The number of nitrogen functional groups attached to an aromatic ring is 1. The Bertz CT molecular complexity index is 880. The van der Waals surface area contributed by atoms with Gasteiger partial charge in [-0.25, -0.2) is 0 Å². The fourth-order valence-corrected chi connectivity index (χ4v) is 4.29. The number of anilines is 1. The molecular formula is C21H22N2OS. The average Bonchev–Trinajstić information content (AvgIpc) is 2.90. The normalized spacial score (nSPS) is 15.5. The van der Waals surface area contributed by atoms with Crippen LogP contribution in [-0.4, -0.2) is 6.61 Å². The zero-order valence-electron chi connectivity index (χ0n) is 14.8. The lowest BCUT2D eigenvalue weighted by Gasteiger charge is -2.29. The summed E-state index contributed by atoms with van der Waals surface area (Å²) in [5.74, 6) is 0.884. The number of fused-ring (bicyclic) bond motifs is 1. The first-order valence-electron chi connectivity index (χ1n) is 8.39. The van der Waals surface area contributed by atoms with Crippen LogP contribution in [0.5, 0.6) is 5.75 Å². The lowest BCUT2D eigenvalue weighted by atomic mass is 9.77. The van der Waals surface area contributed by atoms with Gasteiger partial charge in [0.25, 0.3) is 0 Å². The minimum absolute atomic E-state index is 0.0174. The first-order chi connectivity index (χ1) is 11.9. The van der Waals surface area contributed by atoms with Gasteiger partial charge in [-0.15, -0.1) is 11.3 Å². The zero-order valence-corrected chi connectivity index (χ0v) is 15.6. The maximum atomic E-state index is 9.41. The van der Waals surface area contributed by atoms with Crippen molar-refractivity contribution in [2.45, 2.75) is 32.6 Å². The molecule has 0 bridgehead atoms. The summed E-state index contributed by atoms with van der Waals surface area (Å²) in [5, 5.41) is 10.0. The van der Waals surface area contributed by atoms with E-state index in [2.05, 4.69) is 38.1 Å². The highest BCUT2D eigenvalue weighted by Crippen LogP contribution is 2.46. The molecule has 2 N–H and O–H groups in total. The Labute approximate surface area is 153 Å². The molecule has 3 rings (SSSR count). The number of nitrogens with two attached hydrogens (primary N) is 1. The van der Waals surface area contributed by atoms with Crippen LogP contribution in [0.15, 0.2) is 35.9 Å². The minimum Gasteiger partial charge on any atom is -0.494 e. The molecule has 1 heterocycles. The smallest absolute Gasteiger partial charge is 0.119 e. The second-order valence-corrected chi connectivity index (χ2v) is 7.86. The van der Waals surface area contributed by atoms with Crippen LogP contribution in [0.25, 0.3) is 12.2 Å². The van der Waals surface area contributed by atoms with Gasteiger partial charge in [-0.1, -0.05) is 38.1 Å². The lowest BCUT2D eigenvalue weighted by molar-refractivity contribution is 0.340. The van der Waals surface area contributed by atoms with Crippen LogP contribution < -0.4 is 10.5 Å². The Morgan fingerprint density at radius 2 is 2.00 bits per heavy atom. The van der Waals surface area contributed by atoms with Gasteiger partial charge in [-0.3, -0.25) is 0 Å². The molecule has 0 saturated heterocycles. The van der Waals surface area contributed by atoms with E-state index in [1.54, 1.807) is 11.3 Å². The van der Waals surface area contributed by atoms with Gasteiger partial charge in [0, 0.05) is 15.9 Å². The molecule has 1 aromatic carbocycles. The zero-order chi connectivity index (χ0) is 18.0. The van der Waals surface area contributed by atoms with E-state index < -0.39 is 0 Å². The number of rotatable bonds is 4. The van der Waals surface area contributed by atoms with Gasteiger partial charge in [-0.05, 0) is 42.7 Å². The van der Waals surface area contributed by atoms with E-state index in [1.807, 2.05) is 31.2 Å². The number of benzene rings is 1. The van der Waals surface area contributed by atoms with Gasteiger partial charge in [0.05, 0.1) is 12.2 Å². The maximum Gasteiger partial charge on any atom is 0.119 e. The number of allylic oxidation sites excluding steroid dienone is 2. The quantitative estimate of drug-likeness (QED) is 0.805. The second kappa shape index (κ2) is 6.78. The second-order valence-electron chi connectivity index (χ2n) is 6.81. The van der Waals surface area contributed by atoms with Crippen LogP contribution in [0, 0.1) is 11.3 Å². The van der Waals surface area contributed by atoms with Gasteiger partial charge in [-0.2, -0.15) is 5.26 Å². The molecule has 0 atom stereocenters. The van der Waals surface area contributed by atoms with Crippen molar-refractivity contribution in [1.82, 2.24) is 0 Å². The number of hydrogen-bond acceptors (Lipinski definition) is 4. The van der Waals surface area contributed by atoms with E-state index in [-0.39, 0.29) is 5.41 Å². The number of nitrogens with zero attached hydrogens (tertiary/aromatic N) is 1. The van der Waals surface area contributed by atoms with E-state index in [9.17, 15) is 5.26 Å². The summed E-state index contributed by atoms with van der Waals surface area (Å²) < 4.78 is 5.47. The highest BCUT2D eigenvalue weighted by atomic mass is 32.1. The molecule has 3 nitrogen and oxygen atoms in total. The molecule has 2 aromatic rings. The summed E-state index contributed by atoms with van der Waals surface area (Å²) in [4.78, 5) is 1.21. The molecule has 1 aliphatic rings. The highest BCUT2D eigenvalue weighted by molar-refractivity contribution is 7.16. The predicted molar refractivity (Wildman–Crippen MR) is 106 cm³/mol. The largest absolute Gasteiger partial charge is 0.494 e. The maximum absolute atomic E-state index is 9.41. The van der Waals surface area contributed by atoms with Crippen molar-refractivity contribution < 1.29 is 4.74 Å². The first kappa shape index (κ1) is 17.3. The monoisotopic (exact) mass is 350 g/mol. The Hall–Kier alpha value is -2.51. The fraction of sp³-hybridized carbons (Fsp3) is 0.286. The molecule has 128 valence electrons. The summed E-state index contributed by atoms with van der Waals surface area (Å²) in [5.41, 5.74) is 9.96. The van der Waals surface area contributed by atoms with Gasteiger partial charge in [0.15, 0.2) is 0 Å². The van der Waals surface area contributed by atoms with Gasteiger partial charge < -0.3 is 10.5 Å². The molecule has 0 unspecified atom stereocenters. The Morgan fingerprint density at radius 3 is 2.64 bits per heavy atom. The van der Waals surface area contributed by atoms with Crippen LogP contribution in [0.4, 0.5) is 5.00 Å². The molecule has 25 heavy (non-hydrogen) atoms. The molecule has 1 aliphatic carbocycles. The van der Waals surface area contributed by atoms with Crippen molar-refractivity contribution in [2.75, 3.05) is 12.3 Å².